The van der Waals surface area contributed by atoms with Crippen LogP contribution in [0.5, 0.6) is 5.75 Å². The summed E-state index contributed by atoms with van der Waals surface area (Å²) in [4.78, 5) is 4.38. The number of benzene rings is 1. The lowest BCUT2D eigenvalue weighted by Crippen LogP contribution is -1.95. The fourth-order valence-electron chi connectivity index (χ4n) is 1.73. The van der Waals surface area contributed by atoms with E-state index in [1.165, 1.54) is 0 Å². The van der Waals surface area contributed by atoms with Crippen LogP contribution >= 0.6 is 27.5 Å². The number of hydrogen-bond acceptors (Lipinski definition) is 3. The first-order valence-electron chi connectivity index (χ1n) is 5.24. The van der Waals surface area contributed by atoms with E-state index in [1.54, 1.807) is 25.3 Å². The summed E-state index contributed by atoms with van der Waals surface area (Å²) in [6.45, 7) is -0.128. The minimum Gasteiger partial charge on any atom is -0.496 e. The van der Waals surface area contributed by atoms with Crippen LogP contribution in [0.2, 0.25) is 5.02 Å². The van der Waals surface area contributed by atoms with E-state index in [0.29, 0.717) is 22.3 Å². The molecule has 1 N–H and O–H groups in total. The highest BCUT2D eigenvalue weighted by Gasteiger charge is 2.16. The fraction of sp³-hybridized carbons (Fsp3) is 0.250. The van der Waals surface area contributed by atoms with E-state index in [-0.39, 0.29) is 6.61 Å². The van der Waals surface area contributed by atoms with Crippen LogP contribution in [0.4, 0.5) is 0 Å². The second kappa shape index (κ2) is 5.30. The Labute approximate surface area is 118 Å². The maximum atomic E-state index is 9.22. The molecule has 0 radical (unpaired) electrons. The molecule has 0 unspecified atom stereocenters. The van der Waals surface area contributed by atoms with Gasteiger partial charge in [0.1, 0.15) is 16.2 Å². The summed E-state index contributed by atoms with van der Waals surface area (Å²) in [5.74, 6) is 1.37. The first kappa shape index (κ1) is 13.4. The highest BCUT2D eigenvalue weighted by molar-refractivity contribution is 9.10. The van der Waals surface area contributed by atoms with E-state index in [4.69, 9.17) is 16.3 Å². The Kier molecular flexibility index (Phi) is 3.94. The Bertz CT molecular complexity index is 584. The molecule has 0 aliphatic heterocycles. The second-order valence-corrected chi connectivity index (χ2v) is 4.92. The summed E-state index contributed by atoms with van der Waals surface area (Å²) in [7, 11) is 3.45. The van der Waals surface area contributed by atoms with Crippen molar-refractivity contribution in [1.29, 1.82) is 0 Å². The molecule has 0 spiro atoms. The molecule has 0 aliphatic rings. The zero-order valence-electron chi connectivity index (χ0n) is 9.94. The number of imidazole rings is 1. The Balaban J connectivity index is 2.64. The number of halogens is 2. The van der Waals surface area contributed by atoms with E-state index in [1.807, 2.05) is 11.6 Å². The minimum atomic E-state index is -0.128. The second-order valence-electron chi connectivity index (χ2n) is 3.73. The van der Waals surface area contributed by atoms with Gasteiger partial charge in [0, 0.05) is 12.1 Å². The lowest BCUT2D eigenvalue weighted by molar-refractivity contribution is 0.276. The van der Waals surface area contributed by atoms with Gasteiger partial charge in [0.05, 0.1) is 25.0 Å². The molecule has 1 heterocycles. The van der Waals surface area contributed by atoms with E-state index in [9.17, 15) is 5.11 Å². The number of rotatable bonds is 3. The Morgan fingerprint density at radius 1 is 1.50 bits per heavy atom. The zero-order chi connectivity index (χ0) is 13.3. The van der Waals surface area contributed by atoms with Gasteiger partial charge in [-0.05, 0) is 34.1 Å². The van der Waals surface area contributed by atoms with Crippen molar-refractivity contribution in [3.63, 3.8) is 0 Å². The smallest absolute Gasteiger partial charge is 0.144 e. The molecule has 96 valence electrons. The number of aromatic nitrogens is 2. The highest BCUT2D eigenvalue weighted by Crippen LogP contribution is 2.33. The van der Waals surface area contributed by atoms with Gasteiger partial charge in [-0.2, -0.15) is 0 Å². The average Bonchev–Trinajstić information content (AvgIpc) is 2.66. The van der Waals surface area contributed by atoms with Gasteiger partial charge in [0.15, 0.2) is 0 Å². The number of nitrogens with zero attached hydrogens (tertiary/aromatic N) is 2. The molecular formula is C12H12BrClN2O2. The molecule has 1 aromatic carbocycles. The molecular weight excluding hydrogens is 320 g/mol. The molecule has 0 saturated heterocycles. The molecule has 1 aromatic heterocycles. The van der Waals surface area contributed by atoms with Gasteiger partial charge in [0.25, 0.3) is 0 Å². The van der Waals surface area contributed by atoms with Crippen LogP contribution < -0.4 is 4.74 Å². The number of aliphatic hydroxyl groups excluding tert-OH is 1. The van der Waals surface area contributed by atoms with Gasteiger partial charge in [-0.3, -0.25) is 0 Å². The normalized spacial score (nSPS) is 10.7. The molecule has 0 aliphatic carbocycles. The lowest BCUT2D eigenvalue weighted by Gasteiger charge is -2.08. The van der Waals surface area contributed by atoms with Crippen molar-refractivity contribution in [1.82, 2.24) is 9.55 Å². The Morgan fingerprint density at radius 3 is 2.78 bits per heavy atom. The van der Waals surface area contributed by atoms with Gasteiger partial charge in [-0.15, -0.1) is 0 Å². The summed E-state index contributed by atoms with van der Waals surface area (Å²) >= 11 is 9.39. The van der Waals surface area contributed by atoms with Gasteiger partial charge >= 0.3 is 0 Å². The van der Waals surface area contributed by atoms with E-state index in [0.717, 1.165) is 10.2 Å². The molecule has 0 amide bonds. The summed E-state index contributed by atoms with van der Waals surface area (Å²) < 4.78 is 7.87. The van der Waals surface area contributed by atoms with Crippen LogP contribution in [-0.4, -0.2) is 21.8 Å². The van der Waals surface area contributed by atoms with Gasteiger partial charge in [-0.25, -0.2) is 4.98 Å². The van der Waals surface area contributed by atoms with Crippen molar-refractivity contribution < 1.29 is 9.84 Å². The maximum Gasteiger partial charge on any atom is 0.144 e. The molecule has 0 atom stereocenters. The van der Waals surface area contributed by atoms with E-state index < -0.39 is 0 Å². The molecule has 4 nitrogen and oxygen atoms in total. The lowest BCUT2D eigenvalue weighted by atomic mass is 10.2. The monoisotopic (exact) mass is 330 g/mol. The van der Waals surface area contributed by atoms with Crippen molar-refractivity contribution >= 4 is 27.5 Å². The van der Waals surface area contributed by atoms with E-state index in [2.05, 4.69) is 20.9 Å². The number of hydrogen-bond donors (Lipinski definition) is 1. The van der Waals surface area contributed by atoms with Crippen molar-refractivity contribution in [2.75, 3.05) is 7.11 Å². The molecule has 6 heteroatoms. The first-order chi connectivity index (χ1) is 8.58. The van der Waals surface area contributed by atoms with Crippen LogP contribution in [0.3, 0.4) is 0 Å². The molecule has 0 fully saturated rings. The predicted octanol–water partition coefficient (Wildman–Crippen LogP) is 3.00. The van der Waals surface area contributed by atoms with Gasteiger partial charge in [0.2, 0.25) is 0 Å². The number of aliphatic hydroxyl groups is 1. The number of ether oxygens (including phenoxy) is 1. The van der Waals surface area contributed by atoms with Crippen molar-refractivity contribution in [2.24, 2.45) is 7.05 Å². The number of methoxy groups -OCH3 is 1. The quantitative estimate of drug-likeness (QED) is 0.940. The molecule has 18 heavy (non-hydrogen) atoms. The van der Waals surface area contributed by atoms with Crippen LogP contribution in [0.15, 0.2) is 22.8 Å². The Morgan fingerprint density at radius 2 is 2.22 bits per heavy atom. The highest BCUT2D eigenvalue weighted by atomic mass is 79.9. The van der Waals surface area contributed by atoms with Crippen molar-refractivity contribution in [2.45, 2.75) is 6.61 Å². The van der Waals surface area contributed by atoms with Crippen LogP contribution in [0, 0.1) is 0 Å². The SMILES string of the molecule is COc1ccc(Cl)cc1-c1nc(CO)c(Br)n1C. The summed E-state index contributed by atoms with van der Waals surface area (Å²) in [6, 6.07) is 5.34. The first-order valence-corrected chi connectivity index (χ1v) is 6.41. The van der Waals surface area contributed by atoms with E-state index >= 15 is 0 Å². The summed E-state index contributed by atoms with van der Waals surface area (Å²) in [5.41, 5.74) is 1.36. The average molecular weight is 332 g/mol. The molecule has 0 bridgehead atoms. The third-order valence-corrected chi connectivity index (χ3v) is 3.87. The Hall–Kier alpha value is -1.04. The standard InChI is InChI=1S/C12H12BrClN2O2/c1-16-11(13)9(6-17)15-12(16)8-5-7(14)3-4-10(8)18-2/h3-5,17H,6H2,1-2H3. The van der Waals surface area contributed by atoms with Crippen molar-refractivity contribution in [3.05, 3.63) is 33.5 Å². The molecule has 2 rings (SSSR count). The third-order valence-electron chi connectivity index (χ3n) is 2.64. The summed E-state index contributed by atoms with van der Waals surface area (Å²) in [5, 5.41) is 9.83. The zero-order valence-corrected chi connectivity index (χ0v) is 12.3. The topological polar surface area (TPSA) is 47.3 Å². The molecule has 0 saturated carbocycles. The fourth-order valence-corrected chi connectivity index (χ4v) is 2.29. The largest absolute Gasteiger partial charge is 0.496 e. The minimum absolute atomic E-state index is 0.128. The van der Waals surface area contributed by atoms with Gasteiger partial charge in [-0.1, -0.05) is 11.6 Å². The summed E-state index contributed by atoms with van der Waals surface area (Å²) in [6.07, 6.45) is 0. The van der Waals surface area contributed by atoms with Crippen molar-refractivity contribution in [3.8, 4) is 17.1 Å². The third kappa shape index (κ3) is 2.25. The predicted molar refractivity (Wildman–Crippen MR) is 73.8 cm³/mol. The molecule has 2 aromatic rings. The maximum absolute atomic E-state index is 9.22. The van der Waals surface area contributed by atoms with Gasteiger partial charge < -0.3 is 14.4 Å². The van der Waals surface area contributed by atoms with Crippen LogP contribution in [0.25, 0.3) is 11.4 Å². The van der Waals surface area contributed by atoms with Crippen LogP contribution in [-0.2, 0) is 13.7 Å². The van der Waals surface area contributed by atoms with Crippen LogP contribution in [0.1, 0.15) is 5.69 Å².